The van der Waals surface area contributed by atoms with Crippen molar-refractivity contribution in [3.8, 4) is 11.5 Å². The maximum atomic E-state index is 12.0. The van der Waals surface area contributed by atoms with Crippen LogP contribution in [0, 0.1) is 22.7 Å². The first-order valence-corrected chi connectivity index (χ1v) is 11.3. The zero-order chi connectivity index (χ0) is 22.4. The molecule has 0 aromatic heterocycles. The number of ether oxygens (including phenoxy) is 3. The molecular weight excluding hydrogens is 396 g/mol. The number of amides is 2. The van der Waals surface area contributed by atoms with Gasteiger partial charge in [-0.15, -0.1) is 0 Å². The van der Waals surface area contributed by atoms with Gasteiger partial charge in [-0.25, -0.2) is 0 Å². The second kappa shape index (κ2) is 8.01. The van der Waals surface area contributed by atoms with Crippen LogP contribution in [0.15, 0.2) is 18.2 Å². The normalized spacial score (nSPS) is 32.9. The molecule has 31 heavy (non-hydrogen) atoms. The van der Waals surface area contributed by atoms with Crippen LogP contribution in [-0.2, 0) is 14.3 Å². The van der Waals surface area contributed by atoms with Crippen LogP contribution in [0.5, 0.6) is 11.5 Å². The van der Waals surface area contributed by atoms with E-state index in [-0.39, 0.29) is 35.5 Å². The smallest absolute Gasteiger partial charge is 0.255 e. The number of nitrogens with two attached hydrogens (primary N) is 1. The molecule has 1 aromatic carbocycles. The standard InChI is InChI=1S/C24H34N2O5/c1-5-29-19-10-15(6-7-18(19)31-13-20(25)28)21-17-11-16-12-24(17,8-9-30-21)22(23(16,3)4)26-14(2)27/h6-7,10,16-17,21-22H,5,8-9,11-13H2,1-4H3,(H2,25,28)(H,26,27)/t16-,17-,21-,22-,24-/m1/s1. The minimum Gasteiger partial charge on any atom is -0.490 e. The summed E-state index contributed by atoms with van der Waals surface area (Å²) in [5.74, 6) is 1.49. The van der Waals surface area contributed by atoms with Crippen molar-refractivity contribution in [1.29, 1.82) is 0 Å². The molecule has 7 nitrogen and oxygen atoms in total. The highest BCUT2D eigenvalue weighted by molar-refractivity contribution is 5.75. The third-order valence-corrected chi connectivity index (χ3v) is 7.82. The number of nitrogens with one attached hydrogen (secondary N) is 1. The van der Waals surface area contributed by atoms with Gasteiger partial charge in [-0.3, -0.25) is 9.59 Å². The average molecular weight is 431 g/mol. The van der Waals surface area contributed by atoms with E-state index in [4.69, 9.17) is 19.9 Å². The van der Waals surface area contributed by atoms with E-state index in [9.17, 15) is 9.59 Å². The minimum absolute atomic E-state index is 0.0383. The van der Waals surface area contributed by atoms with E-state index in [2.05, 4.69) is 19.2 Å². The average Bonchev–Trinajstić information content (AvgIpc) is 3.19. The van der Waals surface area contributed by atoms with Gasteiger partial charge in [0.1, 0.15) is 0 Å². The van der Waals surface area contributed by atoms with Gasteiger partial charge >= 0.3 is 0 Å². The van der Waals surface area contributed by atoms with Crippen molar-refractivity contribution >= 4 is 11.8 Å². The lowest BCUT2D eigenvalue weighted by Gasteiger charge is -2.53. The lowest BCUT2D eigenvalue weighted by Crippen LogP contribution is -2.58. The van der Waals surface area contributed by atoms with Crippen molar-refractivity contribution in [2.75, 3.05) is 19.8 Å². The maximum absolute atomic E-state index is 12.0. The summed E-state index contributed by atoms with van der Waals surface area (Å²) in [4.78, 5) is 23.2. The zero-order valence-electron chi connectivity index (χ0n) is 18.9. The summed E-state index contributed by atoms with van der Waals surface area (Å²) in [5, 5.41) is 3.31. The summed E-state index contributed by atoms with van der Waals surface area (Å²) in [6.45, 7) is 9.08. The van der Waals surface area contributed by atoms with Gasteiger partial charge in [-0.1, -0.05) is 19.9 Å². The van der Waals surface area contributed by atoms with Crippen molar-refractivity contribution in [1.82, 2.24) is 5.32 Å². The first-order valence-electron chi connectivity index (χ1n) is 11.3. The fraction of sp³-hybridized carbons (Fsp3) is 0.667. The Bertz CT molecular complexity index is 870. The number of benzene rings is 1. The Morgan fingerprint density at radius 1 is 1.26 bits per heavy atom. The molecule has 0 unspecified atom stereocenters. The van der Waals surface area contributed by atoms with E-state index in [0.29, 0.717) is 36.5 Å². The molecule has 5 atom stereocenters. The van der Waals surface area contributed by atoms with Gasteiger partial charge in [-0.2, -0.15) is 0 Å². The van der Waals surface area contributed by atoms with Crippen LogP contribution >= 0.6 is 0 Å². The summed E-state index contributed by atoms with van der Waals surface area (Å²) in [6, 6.07) is 5.94. The van der Waals surface area contributed by atoms with E-state index in [1.165, 1.54) is 0 Å². The Kier molecular flexibility index (Phi) is 5.66. The van der Waals surface area contributed by atoms with Crippen LogP contribution in [0.3, 0.4) is 0 Å². The molecule has 3 aliphatic rings. The van der Waals surface area contributed by atoms with Crippen molar-refractivity contribution in [3.63, 3.8) is 0 Å². The van der Waals surface area contributed by atoms with Crippen LogP contribution in [0.1, 0.15) is 58.6 Å². The quantitative estimate of drug-likeness (QED) is 0.693. The van der Waals surface area contributed by atoms with E-state index in [0.717, 1.165) is 24.8 Å². The SMILES string of the molecule is CCOc1cc([C@H]2OCC[C@@]34C[C@@H](C[C@H]23)C(C)(C)[C@H]4NC(C)=O)ccc1OCC(N)=O. The van der Waals surface area contributed by atoms with Gasteiger partial charge < -0.3 is 25.3 Å². The Hall–Kier alpha value is -2.28. The summed E-state index contributed by atoms with van der Waals surface area (Å²) in [5.41, 5.74) is 6.39. The summed E-state index contributed by atoms with van der Waals surface area (Å²) in [7, 11) is 0. The first kappa shape index (κ1) is 21.9. The van der Waals surface area contributed by atoms with Crippen molar-refractivity contribution < 1.29 is 23.8 Å². The largest absolute Gasteiger partial charge is 0.490 e. The number of hydrogen-bond acceptors (Lipinski definition) is 5. The van der Waals surface area contributed by atoms with E-state index < -0.39 is 5.91 Å². The Labute approximate surface area is 184 Å². The zero-order valence-corrected chi connectivity index (χ0v) is 18.9. The minimum atomic E-state index is -0.530. The van der Waals surface area contributed by atoms with Gasteiger partial charge in [0.25, 0.3) is 5.91 Å². The predicted octanol–water partition coefficient (Wildman–Crippen LogP) is 2.97. The fourth-order valence-electron chi connectivity index (χ4n) is 6.56. The van der Waals surface area contributed by atoms with Gasteiger partial charge in [0.05, 0.1) is 12.7 Å². The topological polar surface area (TPSA) is 99.9 Å². The number of carbonyl (C=O) groups is 2. The Balaban J connectivity index is 1.65. The van der Waals surface area contributed by atoms with E-state index >= 15 is 0 Å². The molecular formula is C24H34N2O5. The molecule has 0 radical (unpaired) electrons. The molecule has 2 amide bonds. The Morgan fingerprint density at radius 2 is 2.03 bits per heavy atom. The molecule has 1 saturated heterocycles. The van der Waals surface area contributed by atoms with Crippen LogP contribution in [0.2, 0.25) is 0 Å². The summed E-state index contributed by atoms with van der Waals surface area (Å²) in [6.07, 6.45) is 3.14. The number of rotatable bonds is 7. The highest BCUT2D eigenvalue weighted by Crippen LogP contribution is 2.70. The van der Waals surface area contributed by atoms with Gasteiger partial charge in [0.15, 0.2) is 18.1 Å². The Morgan fingerprint density at radius 3 is 2.71 bits per heavy atom. The molecule has 170 valence electrons. The molecule has 2 bridgehead atoms. The lowest BCUT2D eigenvalue weighted by molar-refractivity contribution is -0.136. The molecule has 1 aromatic rings. The molecule has 2 aliphatic carbocycles. The number of fused-ring (bicyclic) bond motifs is 1. The number of hydrogen-bond donors (Lipinski definition) is 2. The molecule has 1 aliphatic heterocycles. The van der Waals surface area contributed by atoms with Crippen LogP contribution < -0.4 is 20.5 Å². The highest BCUT2D eigenvalue weighted by Gasteiger charge is 2.68. The highest BCUT2D eigenvalue weighted by atomic mass is 16.5. The molecule has 1 heterocycles. The third-order valence-electron chi connectivity index (χ3n) is 7.82. The number of carbonyl (C=O) groups excluding carboxylic acids is 2. The molecule has 7 heteroatoms. The maximum Gasteiger partial charge on any atom is 0.255 e. The van der Waals surface area contributed by atoms with Crippen molar-refractivity contribution in [2.24, 2.45) is 28.4 Å². The summed E-state index contributed by atoms with van der Waals surface area (Å²) >= 11 is 0. The van der Waals surface area contributed by atoms with Gasteiger partial charge in [-0.05, 0) is 66.5 Å². The number of primary amides is 1. The van der Waals surface area contributed by atoms with Crippen LogP contribution in [0.4, 0.5) is 0 Å². The molecule has 3 fully saturated rings. The van der Waals surface area contributed by atoms with Gasteiger partial charge in [0.2, 0.25) is 5.91 Å². The van der Waals surface area contributed by atoms with Crippen molar-refractivity contribution in [3.05, 3.63) is 23.8 Å². The van der Waals surface area contributed by atoms with Crippen LogP contribution in [-0.4, -0.2) is 37.7 Å². The molecule has 1 spiro atoms. The molecule has 2 saturated carbocycles. The monoisotopic (exact) mass is 430 g/mol. The van der Waals surface area contributed by atoms with Crippen molar-refractivity contribution in [2.45, 2.75) is 59.1 Å². The second-order valence-electron chi connectivity index (χ2n) is 9.87. The molecule has 4 rings (SSSR count). The second-order valence-corrected chi connectivity index (χ2v) is 9.87. The third kappa shape index (κ3) is 3.67. The molecule has 3 N–H and O–H groups in total. The fourth-order valence-corrected chi connectivity index (χ4v) is 6.56. The van der Waals surface area contributed by atoms with Crippen LogP contribution in [0.25, 0.3) is 0 Å². The first-order chi connectivity index (χ1) is 14.7. The van der Waals surface area contributed by atoms with E-state index in [1.807, 2.05) is 25.1 Å². The summed E-state index contributed by atoms with van der Waals surface area (Å²) < 4.78 is 17.7. The lowest BCUT2D eigenvalue weighted by atomic mass is 9.59. The predicted molar refractivity (Wildman–Crippen MR) is 116 cm³/mol. The van der Waals surface area contributed by atoms with Gasteiger partial charge in [0, 0.05) is 19.6 Å². The van der Waals surface area contributed by atoms with E-state index in [1.54, 1.807) is 6.92 Å².